The van der Waals surface area contributed by atoms with Crippen LogP contribution in [0.15, 0.2) is 85.2 Å². The zero-order chi connectivity index (χ0) is 22.3. The van der Waals surface area contributed by atoms with Crippen LogP contribution in [0.5, 0.6) is 5.75 Å². The van der Waals surface area contributed by atoms with Crippen LogP contribution in [0.4, 0.5) is 27.8 Å². The monoisotopic (exact) mass is 425 g/mol. The van der Waals surface area contributed by atoms with E-state index in [1.54, 1.807) is 19.5 Å². The van der Waals surface area contributed by atoms with Gasteiger partial charge < -0.3 is 15.4 Å². The van der Waals surface area contributed by atoms with Crippen LogP contribution in [0.1, 0.15) is 5.56 Å². The van der Waals surface area contributed by atoms with Crippen LogP contribution < -0.4 is 20.7 Å². The van der Waals surface area contributed by atoms with Crippen LogP contribution in [0.25, 0.3) is 11.1 Å². The first-order chi connectivity index (χ1) is 15.6. The van der Waals surface area contributed by atoms with Crippen molar-refractivity contribution in [2.24, 2.45) is 0 Å². The van der Waals surface area contributed by atoms with E-state index < -0.39 is 6.03 Å². The molecule has 0 unspecified atom stereocenters. The molecule has 2 amide bonds. The summed E-state index contributed by atoms with van der Waals surface area (Å²) in [7, 11) is 1.56. The van der Waals surface area contributed by atoms with Gasteiger partial charge in [0.1, 0.15) is 17.4 Å². The maximum Gasteiger partial charge on any atom is 0.324 e. The van der Waals surface area contributed by atoms with Gasteiger partial charge in [-0.2, -0.15) is 0 Å². The number of rotatable bonds is 6. The fourth-order valence-electron chi connectivity index (χ4n) is 3.22. The summed E-state index contributed by atoms with van der Waals surface area (Å²) in [5.74, 6) is 1.74. The van der Waals surface area contributed by atoms with Gasteiger partial charge in [-0.05, 0) is 72.1 Å². The van der Waals surface area contributed by atoms with Crippen molar-refractivity contribution in [2.75, 3.05) is 23.1 Å². The Morgan fingerprint density at radius 1 is 0.812 bits per heavy atom. The number of amides is 2. The van der Waals surface area contributed by atoms with Crippen molar-refractivity contribution in [3.8, 4) is 16.9 Å². The second kappa shape index (κ2) is 9.61. The molecule has 2 heterocycles. The largest absolute Gasteiger partial charge is 0.495 e. The SMILES string of the molecule is COc1ccc(C)cc1NC(=O)Nc1cc(-c2ccnc(Nc3ccccc3)c2)ccn1. The molecule has 2 aromatic carbocycles. The molecule has 0 radical (unpaired) electrons. The number of aryl methyl sites for hydroxylation is 1. The second-order valence-corrected chi connectivity index (χ2v) is 7.13. The molecule has 0 spiro atoms. The molecular weight excluding hydrogens is 402 g/mol. The quantitative estimate of drug-likeness (QED) is 0.361. The number of nitrogens with zero attached hydrogens (tertiary/aromatic N) is 2. The van der Waals surface area contributed by atoms with Gasteiger partial charge in [0.15, 0.2) is 0 Å². The van der Waals surface area contributed by atoms with Gasteiger partial charge >= 0.3 is 6.03 Å². The van der Waals surface area contributed by atoms with Gasteiger partial charge in [-0.15, -0.1) is 0 Å². The Labute approximate surface area is 186 Å². The van der Waals surface area contributed by atoms with Gasteiger partial charge in [0.2, 0.25) is 0 Å². The number of anilines is 4. The summed E-state index contributed by atoms with van der Waals surface area (Å²) in [5, 5.41) is 8.87. The van der Waals surface area contributed by atoms with Crippen LogP contribution in [-0.4, -0.2) is 23.1 Å². The van der Waals surface area contributed by atoms with Gasteiger partial charge in [0.05, 0.1) is 12.8 Å². The molecule has 0 bridgehead atoms. The standard InChI is InChI=1S/C25H23N5O2/c1-17-8-9-22(32-2)21(14-17)29-25(31)30-24-16-19(11-13-27-24)18-10-12-26-23(15-18)28-20-6-4-3-5-7-20/h3-16H,1-2H3,(H,26,28)(H2,27,29,30,31). The number of hydrogen-bond acceptors (Lipinski definition) is 5. The lowest BCUT2D eigenvalue weighted by molar-refractivity contribution is 0.262. The van der Waals surface area contributed by atoms with E-state index in [1.807, 2.05) is 79.7 Å². The van der Waals surface area contributed by atoms with E-state index >= 15 is 0 Å². The number of hydrogen-bond donors (Lipinski definition) is 3. The summed E-state index contributed by atoms with van der Waals surface area (Å²) in [6.07, 6.45) is 3.40. The molecule has 0 aliphatic carbocycles. The van der Waals surface area contributed by atoms with Crippen molar-refractivity contribution >= 4 is 29.0 Å². The fourth-order valence-corrected chi connectivity index (χ4v) is 3.22. The second-order valence-electron chi connectivity index (χ2n) is 7.13. The number of ether oxygens (including phenoxy) is 1. The number of carbonyl (C=O) groups is 1. The zero-order valence-corrected chi connectivity index (χ0v) is 17.8. The summed E-state index contributed by atoms with van der Waals surface area (Å²) in [6, 6.07) is 22.6. The average Bonchev–Trinajstić information content (AvgIpc) is 2.80. The number of carbonyl (C=O) groups excluding carboxylic acids is 1. The molecule has 4 rings (SSSR count). The molecule has 2 aromatic heterocycles. The molecule has 4 aromatic rings. The Morgan fingerprint density at radius 2 is 1.50 bits per heavy atom. The summed E-state index contributed by atoms with van der Waals surface area (Å²) >= 11 is 0. The van der Waals surface area contributed by atoms with Crippen molar-refractivity contribution in [1.29, 1.82) is 0 Å². The van der Waals surface area contributed by atoms with Gasteiger partial charge in [0, 0.05) is 18.1 Å². The lowest BCUT2D eigenvalue weighted by Crippen LogP contribution is -2.20. The van der Waals surface area contributed by atoms with E-state index in [-0.39, 0.29) is 0 Å². The van der Waals surface area contributed by atoms with E-state index in [4.69, 9.17) is 4.74 Å². The molecule has 0 fully saturated rings. The molecule has 0 atom stereocenters. The van der Waals surface area contributed by atoms with Crippen LogP contribution in [-0.2, 0) is 0 Å². The first-order valence-electron chi connectivity index (χ1n) is 10.1. The fraction of sp³-hybridized carbons (Fsp3) is 0.0800. The van der Waals surface area contributed by atoms with Crippen molar-refractivity contribution in [1.82, 2.24) is 9.97 Å². The van der Waals surface area contributed by atoms with Crippen molar-refractivity contribution < 1.29 is 9.53 Å². The summed E-state index contributed by atoms with van der Waals surface area (Å²) in [6.45, 7) is 1.95. The van der Waals surface area contributed by atoms with Crippen LogP contribution >= 0.6 is 0 Å². The lowest BCUT2D eigenvalue weighted by atomic mass is 10.1. The number of benzene rings is 2. The minimum absolute atomic E-state index is 0.403. The number of methoxy groups -OCH3 is 1. The van der Waals surface area contributed by atoms with Crippen LogP contribution in [0.2, 0.25) is 0 Å². The van der Waals surface area contributed by atoms with E-state index in [2.05, 4.69) is 25.9 Å². The van der Waals surface area contributed by atoms with E-state index in [9.17, 15) is 4.79 Å². The molecule has 32 heavy (non-hydrogen) atoms. The highest BCUT2D eigenvalue weighted by atomic mass is 16.5. The molecule has 3 N–H and O–H groups in total. The maximum atomic E-state index is 12.5. The van der Waals surface area contributed by atoms with E-state index in [1.165, 1.54) is 0 Å². The molecule has 160 valence electrons. The van der Waals surface area contributed by atoms with Crippen molar-refractivity contribution in [3.63, 3.8) is 0 Å². The Kier molecular flexibility index (Phi) is 6.27. The van der Waals surface area contributed by atoms with Crippen molar-refractivity contribution in [3.05, 3.63) is 90.8 Å². The number of aromatic nitrogens is 2. The average molecular weight is 425 g/mol. The summed E-state index contributed by atoms with van der Waals surface area (Å²) < 4.78 is 5.31. The number of pyridine rings is 2. The molecule has 7 nitrogen and oxygen atoms in total. The predicted molar refractivity (Wildman–Crippen MR) is 128 cm³/mol. The van der Waals surface area contributed by atoms with Crippen LogP contribution in [0.3, 0.4) is 0 Å². The molecule has 0 saturated carbocycles. The highest BCUT2D eigenvalue weighted by Crippen LogP contribution is 2.26. The lowest BCUT2D eigenvalue weighted by Gasteiger charge is -2.12. The Hall–Kier alpha value is -4.39. The Balaban J connectivity index is 1.49. The van der Waals surface area contributed by atoms with E-state index in [0.717, 1.165) is 28.2 Å². The third kappa shape index (κ3) is 5.20. The number of urea groups is 1. The minimum atomic E-state index is -0.403. The third-order valence-electron chi connectivity index (χ3n) is 4.74. The molecule has 0 saturated heterocycles. The first kappa shape index (κ1) is 20.9. The molecule has 7 heteroatoms. The smallest absolute Gasteiger partial charge is 0.324 e. The van der Waals surface area contributed by atoms with Gasteiger partial charge in [-0.1, -0.05) is 24.3 Å². The normalized spacial score (nSPS) is 10.3. The molecular formula is C25H23N5O2. The van der Waals surface area contributed by atoms with Gasteiger partial charge in [-0.25, -0.2) is 14.8 Å². The van der Waals surface area contributed by atoms with Crippen molar-refractivity contribution in [2.45, 2.75) is 6.92 Å². The highest BCUT2D eigenvalue weighted by molar-refractivity contribution is 6.00. The topological polar surface area (TPSA) is 88.2 Å². The maximum absolute atomic E-state index is 12.5. The first-order valence-corrected chi connectivity index (χ1v) is 10.1. The number of nitrogens with one attached hydrogen (secondary N) is 3. The highest BCUT2D eigenvalue weighted by Gasteiger charge is 2.10. The minimum Gasteiger partial charge on any atom is -0.495 e. The number of para-hydroxylation sites is 1. The molecule has 0 aliphatic rings. The Morgan fingerprint density at radius 3 is 2.22 bits per heavy atom. The van der Waals surface area contributed by atoms with E-state index in [0.29, 0.717) is 17.3 Å². The third-order valence-corrected chi connectivity index (χ3v) is 4.74. The summed E-state index contributed by atoms with van der Waals surface area (Å²) in [5.41, 5.74) is 4.41. The van der Waals surface area contributed by atoms with Crippen LogP contribution in [0, 0.1) is 6.92 Å². The predicted octanol–water partition coefficient (Wildman–Crippen LogP) is 5.85. The van der Waals surface area contributed by atoms with Gasteiger partial charge in [-0.3, -0.25) is 5.32 Å². The van der Waals surface area contributed by atoms with Gasteiger partial charge in [0.25, 0.3) is 0 Å². The zero-order valence-electron chi connectivity index (χ0n) is 17.8. The Bertz CT molecular complexity index is 1230. The summed E-state index contributed by atoms with van der Waals surface area (Å²) in [4.78, 5) is 21.2. The molecule has 0 aliphatic heterocycles.